The number of carbonyl (C=O) groups is 2. The molecule has 0 aliphatic carbocycles. The van der Waals surface area contributed by atoms with Gasteiger partial charge in [0.1, 0.15) is 25.4 Å². The van der Waals surface area contributed by atoms with Gasteiger partial charge < -0.3 is 18.9 Å². The molecule has 10 rings (SSSR count). The maximum absolute atomic E-state index is 10.7. The Labute approximate surface area is 503 Å². The lowest BCUT2D eigenvalue weighted by Gasteiger charge is -1.99. The molecule has 6 heteroatoms. The fraction of sp³-hybridized carbons (Fsp3) is 0.103. The molecule has 2 atom stereocenters. The van der Waals surface area contributed by atoms with Crippen molar-refractivity contribution in [3.63, 3.8) is 0 Å². The second-order valence-electron chi connectivity index (χ2n) is 17.6. The quantitative estimate of drug-likeness (QED) is 0.0613. The van der Waals surface area contributed by atoms with Gasteiger partial charge in [0, 0.05) is 11.1 Å². The number of epoxide rings is 2. The van der Waals surface area contributed by atoms with Crippen LogP contribution in [0.2, 0.25) is 0 Å². The van der Waals surface area contributed by atoms with E-state index in [0.717, 1.165) is 0 Å². The van der Waals surface area contributed by atoms with Crippen molar-refractivity contribution in [3.8, 4) is 0 Å². The molecule has 0 saturated carbocycles. The average molecular weight is 1120 g/mol. The van der Waals surface area contributed by atoms with E-state index in [2.05, 4.69) is 65.8 Å². The summed E-state index contributed by atoms with van der Waals surface area (Å²) in [5, 5.41) is 0. The topological polar surface area (TPSA) is 77.7 Å². The molecular formula is C78H84O6. The van der Waals surface area contributed by atoms with Gasteiger partial charge in [-0.1, -0.05) is 357 Å². The van der Waals surface area contributed by atoms with Crippen molar-refractivity contribution in [1.29, 1.82) is 0 Å². The van der Waals surface area contributed by atoms with Crippen molar-refractivity contribution in [1.82, 2.24) is 0 Å². The lowest BCUT2D eigenvalue weighted by atomic mass is 10.2. The maximum Gasteiger partial charge on any atom is 0.333 e. The van der Waals surface area contributed by atoms with Crippen LogP contribution in [0.15, 0.2) is 320 Å². The van der Waals surface area contributed by atoms with Gasteiger partial charge in [0.2, 0.25) is 0 Å². The zero-order chi connectivity index (χ0) is 61.7. The highest BCUT2D eigenvalue weighted by atomic mass is 16.6. The van der Waals surface area contributed by atoms with E-state index in [0.29, 0.717) is 37.6 Å². The van der Waals surface area contributed by atoms with Crippen molar-refractivity contribution in [2.75, 3.05) is 26.4 Å². The van der Waals surface area contributed by atoms with E-state index in [4.69, 9.17) is 18.9 Å². The van der Waals surface area contributed by atoms with Gasteiger partial charge in [-0.3, -0.25) is 0 Å². The Kier molecular flexibility index (Phi) is 41.9. The molecule has 0 spiro atoms. The van der Waals surface area contributed by atoms with Crippen LogP contribution in [0, 0.1) is 0 Å². The first-order chi connectivity index (χ1) is 40.9. The molecule has 0 amide bonds. The Morgan fingerprint density at radius 3 is 0.536 bits per heavy atom. The molecule has 84 heavy (non-hydrogen) atoms. The second kappa shape index (κ2) is 48.9. The van der Waals surface area contributed by atoms with Gasteiger partial charge in [-0.25, -0.2) is 9.59 Å². The number of rotatable bonds is 14. The fourth-order valence-electron chi connectivity index (χ4n) is 5.63. The molecule has 8 aromatic carbocycles. The SMILES string of the molecule is C=C(C)C(=O)OCC1CO1.C=C(C)C(=O)OCC1CO1.C=Cc1ccccc1.C=Cc1ccccc1.C=Cc1ccccc1.C=Cc1ccccc1.C=Cc1ccccc1.C=Cc1ccccc1.C=Cc1ccccc1.C=Cc1ccccc1. The molecule has 2 unspecified atom stereocenters. The predicted molar refractivity (Wildman–Crippen MR) is 363 cm³/mol. The minimum atomic E-state index is -0.337. The lowest BCUT2D eigenvalue weighted by molar-refractivity contribution is -0.140. The third-order valence-electron chi connectivity index (χ3n) is 10.6. The Balaban J connectivity index is 0.000000467. The largest absolute Gasteiger partial charge is 0.459 e. The minimum Gasteiger partial charge on any atom is -0.459 e. The zero-order valence-electron chi connectivity index (χ0n) is 49.2. The average Bonchev–Trinajstić information content (AvgIpc) is 4.55. The molecular weight excluding hydrogens is 1030 g/mol. The van der Waals surface area contributed by atoms with Gasteiger partial charge in [-0.05, 0) is 58.4 Å². The summed E-state index contributed by atoms with van der Waals surface area (Å²) in [6.07, 6.45) is 15.0. The van der Waals surface area contributed by atoms with E-state index >= 15 is 0 Å². The first-order valence-electron chi connectivity index (χ1n) is 27.1. The van der Waals surface area contributed by atoms with E-state index in [9.17, 15) is 9.59 Å². The first-order valence-corrected chi connectivity index (χ1v) is 27.1. The number of esters is 2. The summed E-state index contributed by atoms with van der Waals surface area (Å²) < 4.78 is 19.2. The van der Waals surface area contributed by atoms with Gasteiger partial charge in [0.05, 0.1) is 13.2 Å². The second-order valence-corrected chi connectivity index (χ2v) is 17.6. The molecule has 2 aliphatic heterocycles. The third kappa shape index (κ3) is 41.1. The summed E-state index contributed by atoms with van der Waals surface area (Å²) in [6.45, 7) is 41.3. The summed E-state index contributed by atoms with van der Waals surface area (Å²) >= 11 is 0. The fourth-order valence-corrected chi connectivity index (χ4v) is 5.63. The van der Waals surface area contributed by atoms with Gasteiger partial charge >= 0.3 is 11.9 Å². The maximum atomic E-state index is 10.7. The van der Waals surface area contributed by atoms with E-state index in [1.165, 1.54) is 44.5 Å². The smallest absolute Gasteiger partial charge is 0.333 e. The molecule has 6 nitrogen and oxygen atoms in total. The normalized spacial score (nSPS) is 11.7. The number of ether oxygens (including phenoxy) is 4. The molecule has 0 bridgehead atoms. The highest BCUT2D eigenvalue weighted by Crippen LogP contribution is 2.10. The summed E-state index contributed by atoms with van der Waals surface area (Å²) in [7, 11) is 0. The summed E-state index contributed by atoms with van der Waals surface area (Å²) in [5.74, 6) is -0.675. The third-order valence-corrected chi connectivity index (χ3v) is 10.6. The highest BCUT2D eigenvalue weighted by Gasteiger charge is 2.24. The van der Waals surface area contributed by atoms with Crippen LogP contribution in [0.5, 0.6) is 0 Å². The molecule has 2 aliphatic rings. The molecule has 8 aromatic rings. The van der Waals surface area contributed by atoms with Crippen LogP contribution in [0.25, 0.3) is 48.6 Å². The lowest BCUT2D eigenvalue weighted by Crippen LogP contribution is -2.09. The standard InChI is InChI=1S/8C8H8.2C7H10O3/c8*1-2-8-6-4-3-5-7-8;2*1-5(2)7(8)10-4-6-3-9-6/h8*2-7H,1H2;2*6H,1,3-4H2,2H3. The molecule has 0 N–H and O–H groups in total. The van der Waals surface area contributed by atoms with E-state index in [1.54, 1.807) is 13.8 Å². The minimum absolute atomic E-state index is 0.142. The summed E-state index contributed by atoms with van der Waals surface area (Å²) in [5.41, 5.74) is 10.3. The van der Waals surface area contributed by atoms with E-state index in [1.807, 2.05) is 291 Å². The number of benzene rings is 8. The van der Waals surface area contributed by atoms with Crippen LogP contribution in [-0.2, 0) is 28.5 Å². The zero-order valence-corrected chi connectivity index (χ0v) is 49.2. The van der Waals surface area contributed by atoms with Gasteiger partial charge in [0.25, 0.3) is 0 Å². The predicted octanol–water partition coefficient (Wildman–Crippen LogP) is 19.6. The molecule has 2 saturated heterocycles. The van der Waals surface area contributed by atoms with E-state index < -0.39 is 0 Å². The monoisotopic (exact) mass is 1120 g/mol. The van der Waals surface area contributed by atoms with Crippen LogP contribution in [0.1, 0.15) is 58.4 Å². The van der Waals surface area contributed by atoms with Crippen LogP contribution in [0.3, 0.4) is 0 Å². The van der Waals surface area contributed by atoms with Crippen molar-refractivity contribution in [2.45, 2.75) is 26.1 Å². The van der Waals surface area contributed by atoms with Gasteiger partial charge in [-0.15, -0.1) is 0 Å². The van der Waals surface area contributed by atoms with Crippen molar-refractivity contribution >= 4 is 60.5 Å². The molecule has 432 valence electrons. The number of hydrogen-bond acceptors (Lipinski definition) is 6. The van der Waals surface area contributed by atoms with Crippen molar-refractivity contribution in [3.05, 3.63) is 364 Å². The van der Waals surface area contributed by atoms with Crippen LogP contribution in [0.4, 0.5) is 0 Å². The van der Waals surface area contributed by atoms with Crippen LogP contribution >= 0.6 is 0 Å². The number of hydrogen-bond donors (Lipinski definition) is 0. The van der Waals surface area contributed by atoms with Gasteiger partial charge in [-0.2, -0.15) is 0 Å². The molecule has 2 fully saturated rings. The highest BCUT2D eigenvalue weighted by molar-refractivity contribution is 5.87. The van der Waals surface area contributed by atoms with Gasteiger partial charge in [0.15, 0.2) is 0 Å². The van der Waals surface area contributed by atoms with Crippen LogP contribution < -0.4 is 0 Å². The Hall–Kier alpha value is -9.98. The van der Waals surface area contributed by atoms with E-state index in [-0.39, 0.29) is 24.1 Å². The van der Waals surface area contributed by atoms with Crippen molar-refractivity contribution < 1.29 is 28.5 Å². The number of carbonyl (C=O) groups excluding carboxylic acids is 2. The first kappa shape index (κ1) is 72.0. The Morgan fingerprint density at radius 2 is 0.452 bits per heavy atom. The molecule has 2 heterocycles. The summed E-state index contributed by atoms with van der Waals surface area (Å²) in [6, 6.07) is 80.2. The molecule has 0 aromatic heterocycles. The van der Waals surface area contributed by atoms with Crippen molar-refractivity contribution in [2.24, 2.45) is 0 Å². The van der Waals surface area contributed by atoms with Crippen LogP contribution in [-0.4, -0.2) is 50.6 Å². The molecule has 0 radical (unpaired) electrons. The Bertz CT molecular complexity index is 2480. The summed E-state index contributed by atoms with van der Waals surface area (Å²) in [4.78, 5) is 21.4. The Morgan fingerprint density at radius 1 is 0.321 bits per heavy atom.